The van der Waals surface area contributed by atoms with Crippen molar-refractivity contribution in [3.63, 3.8) is 0 Å². The van der Waals surface area contributed by atoms with Gasteiger partial charge in [-0.15, -0.1) is 12.4 Å². The Labute approximate surface area is 74.8 Å². The predicted octanol–water partition coefficient (Wildman–Crippen LogP) is -0.640. The van der Waals surface area contributed by atoms with Gasteiger partial charge in [0.05, 0.1) is 0 Å². The summed E-state index contributed by atoms with van der Waals surface area (Å²) < 4.78 is 6.54. The van der Waals surface area contributed by atoms with Gasteiger partial charge >= 0.3 is 62.5 Å². The van der Waals surface area contributed by atoms with Crippen LogP contribution in [0.5, 0.6) is 0 Å². The van der Waals surface area contributed by atoms with Crippen molar-refractivity contribution in [2.45, 2.75) is 6.04 Å². The first-order valence-corrected chi connectivity index (χ1v) is 3.51. The molecule has 1 radical (unpaired) electrons. The number of nitrogens with two attached hydrogens (primary N) is 1. The fourth-order valence-electron chi connectivity index (χ4n) is 0.0745. The van der Waals surface area contributed by atoms with E-state index in [2.05, 4.69) is 18.4 Å². The zero-order valence-corrected chi connectivity index (χ0v) is 8.00. The van der Waals surface area contributed by atoms with Crippen molar-refractivity contribution in [2.75, 3.05) is 5.75 Å². The Morgan fingerprint density at radius 1 is 2.12 bits per heavy atom. The molecule has 0 bridgehead atoms. The Balaban J connectivity index is 0. The second-order valence-electron chi connectivity index (χ2n) is 1.05. The van der Waals surface area contributed by atoms with E-state index in [9.17, 15) is 4.79 Å². The fourth-order valence-corrected chi connectivity index (χ4v) is 0.862. The van der Waals surface area contributed by atoms with Crippen LogP contribution in [-0.4, -0.2) is 37.9 Å². The molecule has 0 rings (SSSR count). The number of carbonyl (C=O) groups excluding carboxylic acids is 1. The first-order chi connectivity index (χ1) is 3.72. The van der Waals surface area contributed by atoms with E-state index >= 15 is 0 Å². The maximum atomic E-state index is 10.4. The molecular weight excluding hydrogens is 261 g/mol. The summed E-state index contributed by atoms with van der Waals surface area (Å²) in [5.74, 6) is 0.390. The van der Waals surface area contributed by atoms with Crippen LogP contribution in [0.4, 0.5) is 0 Å². The van der Waals surface area contributed by atoms with E-state index in [4.69, 9.17) is 1.41 Å². The minimum absolute atomic E-state index is 0. The van der Waals surface area contributed by atoms with Gasteiger partial charge in [-0.05, 0) is 0 Å². The van der Waals surface area contributed by atoms with E-state index in [1.54, 1.807) is 0 Å². The molecule has 0 aliphatic carbocycles. The van der Waals surface area contributed by atoms with Gasteiger partial charge in [-0.3, -0.25) is 0 Å². The molecule has 1 atom stereocenters. The van der Waals surface area contributed by atoms with Crippen LogP contribution in [-0.2, 0) is 4.79 Å². The van der Waals surface area contributed by atoms with Crippen LogP contribution < -0.4 is 5.73 Å². The first-order valence-electron chi connectivity index (χ1n) is 2.21. The molecule has 5 heteroatoms. The van der Waals surface area contributed by atoms with Crippen LogP contribution in [0.3, 0.4) is 0 Å². The molecule has 0 aromatic heterocycles. The van der Waals surface area contributed by atoms with Crippen molar-refractivity contribution in [1.29, 1.82) is 0 Å². The zero-order valence-electron chi connectivity index (χ0n) is 4.96. The van der Waals surface area contributed by atoms with Gasteiger partial charge in [0.2, 0.25) is 0 Å². The fraction of sp³-hybridized carbons (Fsp3) is 0.667. The summed E-state index contributed by atoms with van der Waals surface area (Å²) in [6.07, 6.45) is 0. The quantitative estimate of drug-likeness (QED) is 0.529. The molecule has 0 saturated heterocycles. The second-order valence-corrected chi connectivity index (χ2v) is 2.57. The van der Waals surface area contributed by atoms with Gasteiger partial charge < -0.3 is 0 Å². The van der Waals surface area contributed by atoms with Gasteiger partial charge in [0.1, 0.15) is 0 Å². The zero-order chi connectivity index (χ0) is 6.57. The summed E-state index contributed by atoms with van der Waals surface area (Å²) in [5, 5.41) is 0. The van der Waals surface area contributed by atoms with Crippen molar-refractivity contribution in [2.24, 2.45) is 5.73 Å². The number of hydrogen-bond acceptors (Lipinski definition) is 3. The monoisotopic (exact) mass is 271 g/mol. The van der Waals surface area contributed by atoms with Gasteiger partial charge in [0.15, 0.2) is 0 Å². The summed E-state index contributed by atoms with van der Waals surface area (Å²) in [4.78, 5) is 10.4. The van der Waals surface area contributed by atoms with Crippen molar-refractivity contribution in [3.8, 4) is 0 Å². The van der Waals surface area contributed by atoms with Crippen molar-refractivity contribution < 1.29 is 6.21 Å². The van der Waals surface area contributed by atoms with Crippen LogP contribution in [0.15, 0.2) is 0 Å². The Morgan fingerprint density at radius 3 is 2.62 bits per heavy atom. The van der Waals surface area contributed by atoms with Crippen LogP contribution in [0.1, 0.15) is 0 Å². The molecule has 0 aliphatic heterocycles. The predicted molar refractivity (Wildman–Crippen MR) is 39.8 cm³/mol. The molecule has 0 unspecified atom stereocenters. The summed E-state index contributed by atoms with van der Waals surface area (Å²) in [7, 11) is 0. The third-order valence-electron chi connectivity index (χ3n) is 0.467. The van der Waals surface area contributed by atoms with Crippen molar-refractivity contribution in [1.82, 2.24) is 0 Å². The van der Waals surface area contributed by atoms with Crippen LogP contribution in [0, 0.1) is 0 Å². The number of halogens is 1. The van der Waals surface area contributed by atoms with Crippen LogP contribution in [0.25, 0.3) is 0 Å². The maximum absolute atomic E-state index is 10.4. The van der Waals surface area contributed by atoms with Crippen LogP contribution >= 0.6 is 25.0 Å². The summed E-state index contributed by atoms with van der Waals surface area (Å²) in [5.41, 5.74) is 2.08. The van der Waals surface area contributed by atoms with Crippen molar-refractivity contribution >= 4 is 51.2 Å². The molecule has 0 aromatic carbocycles. The van der Waals surface area contributed by atoms with E-state index in [1.165, 1.54) is 22.3 Å². The Kier molecular flexibility index (Phi) is 7.00. The molecule has 0 amide bonds. The van der Waals surface area contributed by atoms with E-state index in [-0.39, 0.29) is 16.2 Å². The molecule has 0 aromatic rings. The topological polar surface area (TPSA) is 43.1 Å². The van der Waals surface area contributed by atoms with Gasteiger partial charge in [0.25, 0.3) is 0 Å². The SMILES string of the molecule is Cl.[2H]N[C@@H](CS)C(=O)[Te]. The van der Waals surface area contributed by atoms with E-state index in [1.807, 2.05) is 0 Å². The van der Waals surface area contributed by atoms with Crippen LogP contribution in [0.2, 0.25) is 1.41 Å². The van der Waals surface area contributed by atoms with Gasteiger partial charge in [-0.2, -0.15) is 0 Å². The molecule has 0 saturated carbocycles. The number of rotatable bonds is 3. The Bertz CT molecular complexity index is 91.9. The summed E-state index contributed by atoms with van der Waals surface area (Å²) in [6.45, 7) is 0. The molecule has 0 spiro atoms. The minimum atomic E-state index is -0.400. The van der Waals surface area contributed by atoms with E-state index in [0.717, 1.165) is 0 Å². The molecule has 0 aliphatic rings. The first kappa shape index (κ1) is 9.06. The molecule has 0 heterocycles. The summed E-state index contributed by atoms with van der Waals surface area (Å²) in [6, 6.07) is -0.400. The molecule has 2 N–H and O–H groups in total. The normalized spacial score (nSPS) is 13.4. The van der Waals surface area contributed by atoms with Gasteiger partial charge in [-0.1, -0.05) is 0 Å². The summed E-state index contributed by atoms with van der Waals surface area (Å²) >= 11 is 5.20. The van der Waals surface area contributed by atoms with E-state index in [0.29, 0.717) is 5.75 Å². The number of thiol groups is 1. The second kappa shape index (κ2) is 6.18. The van der Waals surface area contributed by atoms with E-state index < -0.39 is 6.04 Å². The van der Waals surface area contributed by atoms with Gasteiger partial charge in [0, 0.05) is 0 Å². The molecular formula is C3H7ClNOSTe. The third kappa shape index (κ3) is 5.20. The van der Waals surface area contributed by atoms with Gasteiger partial charge in [-0.25, -0.2) is 0 Å². The Morgan fingerprint density at radius 2 is 2.62 bits per heavy atom. The number of carbonyl (C=O) groups is 1. The average Bonchev–Trinajstić information content (AvgIpc) is 1.69. The average molecular weight is 269 g/mol. The molecule has 2 nitrogen and oxygen atoms in total. The number of hydrogen-bond donors (Lipinski definition) is 2. The Hall–Kier alpha value is 1.06. The van der Waals surface area contributed by atoms with Crippen molar-refractivity contribution in [3.05, 3.63) is 0 Å². The molecule has 8 heavy (non-hydrogen) atoms. The molecule has 49 valence electrons. The molecule has 0 fully saturated rings. The standard InChI is InChI=1S/C3H6NOSTe.ClH/c4-2(1-6)3(5)7;/h2,6H,1,4H2;1H/t2-;/m0./s1/i/hD. The third-order valence-corrected chi connectivity index (χ3v) is 1.64.